The molecule has 0 aromatic carbocycles. The van der Waals surface area contributed by atoms with Crippen LogP contribution in [-0.4, -0.2) is 47.6 Å². The van der Waals surface area contributed by atoms with Crippen LogP contribution >= 0.6 is 0 Å². The monoisotopic (exact) mass is 301 g/mol. The number of aliphatic imine (C=N–C) groups is 1. The maximum Gasteiger partial charge on any atom is 0.343 e. The molecule has 22 heavy (non-hydrogen) atoms. The summed E-state index contributed by atoms with van der Waals surface area (Å²) in [4.78, 5) is 42.6. The molecule has 0 saturated carbocycles. The van der Waals surface area contributed by atoms with Crippen molar-refractivity contribution in [1.29, 1.82) is 0 Å². The lowest BCUT2D eigenvalue weighted by atomic mass is 9.93. The number of esters is 1. The van der Waals surface area contributed by atoms with Gasteiger partial charge in [0.15, 0.2) is 11.3 Å². The maximum atomic E-state index is 12.5. The average molecular weight is 301 g/mol. The van der Waals surface area contributed by atoms with Crippen LogP contribution in [0.15, 0.2) is 40.7 Å². The molecule has 1 spiro atoms. The first-order valence-corrected chi connectivity index (χ1v) is 6.96. The van der Waals surface area contributed by atoms with Gasteiger partial charge in [0.2, 0.25) is 0 Å². The van der Waals surface area contributed by atoms with Crippen LogP contribution in [0.2, 0.25) is 0 Å². The van der Waals surface area contributed by atoms with Crippen molar-refractivity contribution < 1.29 is 19.1 Å². The van der Waals surface area contributed by atoms with E-state index < -0.39 is 23.2 Å². The van der Waals surface area contributed by atoms with E-state index in [4.69, 9.17) is 4.74 Å². The number of Topliss-reactive ketones (excluding diaryl/α,β-unsaturated/α-hetero) is 1. The fourth-order valence-corrected chi connectivity index (χ4v) is 3.04. The van der Waals surface area contributed by atoms with Gasteiger partial charge in [0.25, 0.3) is 5.91 Å². The molecular weight excluding hydrogens is 286 g/mol. The van der Waals surface area contributed by atoms with Crippen molar-refractivity contribution in [3.8, 4) is 0 Å². The van der Waals surface area contributed by atoms with Gasteiger partial charge in [-0.25, -0.2) is 4.79 Å². The van der Waals surface area contributed by atoms with Gasteiger partial charge >= 0.3 is 5.97 Å². The van der Waals surface area contributed by atoms with E-state index in [1.165, 1.54) is 0 Å². The van der Waals surface area contributed by atoms with Crippen molar-refractivity contribution in [3.05, 3.63) is 35.7 Å². The van der Waals surface area contributed by atoms with Crippen LogP contribution in [0.25, 0.3) is 0 Å². The normalized spacial score (nSPS) is 25.9. The molecule has 0 saturated heterocycles. The number of rotatable bonds is 3. The third-order valence-electron chi connectivity index (χ3n) is 3.91. The van der Waals surface area contributed by atoms with Crippen LogP contribution in [0.1, 0.15) is 13.3 Å². The number of carbonyl (C=O) groups is 3. The number of amidine groups is 1. The molecular formula is C15H15N3O4. The highest BCUT2D eigenvalue weighted by molar-refractivity contribution is 6.26. The van der Waals surface area contributed by atoms with Gasteiger partial charge in [0.05, 0.1) is 12.3 Å². The summed E-state index contributed by atoms with van der Waals surface area (Å²) in [6, 6.07) is 0. The molecule has 3 rings (SSSR count). The molecule has 0 aromatic rings. The molecule has 0 fully saturated rings. The Morgan fingerprint density at radius 2 is 2.23 bits per heavy atom. The van der Waals surface area contributed by atoms with Crippen molar-refractivity contribution in [3.63, 3.8) is 0 Å². The number of amides is 1. The highest BCUT2D eigenvalue weighted by Crippen LogP contribution is 2.42. The number of fused-ring (bicyclic) bond motifs is 2. The predicted octanol–water partition coefficient (Wildman–Crippen LogP) is 0.0588. The first-order chi connectivity index (χ1) is 10.6. The van der Waals surface area contributed by atoms with Gasteiger partial charge in [0, 0.05) is 19.7 Å². The summed E-state index contributed by atoms with van der Waals surface area (Å²) in [7, 11) is 1.57. The molecule has 0 bridgehead atoms. The Bertz CT molecular complexity index is 702. The van der Waals surface area contributed by atoms with E-state index in [2.05, 4.69) is 10.3 Å². The average Bonchev–Trinajstić information content (AvgIpc) is 2.95. The maximum absolute atomic E-state index is 12.5. The van der Waals surface area contributed by atoms with E-state index in [1.54, 1.807) is 43.3 Å². The minimum Gasteiger partial charge on any atom is -0.462 e. The van der Waals surface area contributed by atoms with E-state index in [0.29, 0.717) is 5.84 Å². The Morgan fingerprint density at radius 1 is 1.45 bits per heavy atom. The molecule has 3 aliphatic rings. The number of nitrogens with one attached hydrogen (secondary N) is 1. The summed E-state index contributed by atoms with van der Waals surface area (Å²) in [5.41, 5.74) is -1.15. The van der Waals surface area contributed by atoms with Gasteiger partial charge in [-0.15, -0.1) is 0 Å². The van der Waals surface area contributed by atoms with E-state index in [9.17, 15) is 14.4 Å². The summed E-state index contributed by atoms with van der Waals surface area (Å²) in [6.07, 6.45) is 6.74. The number of likely N-dealkylation sites (N-methyl/N-ethyl adjacent to an activating group) is 1. The molecule has 1 unspecified atom stereocenters. The summed E-state index contributed by atoms with van der Waals surface area (Å²) < 4.78 is 4.95. The Balaban J connectivity index is 2.14. The molecule has 1 aliphatic carbocycles. The first kappa shape index (κ1) is 14.2. The van der Waals surface area contributed by atoms with Crippen molar-refractivity contribution in [2.75, 3.05) is 13.7 Å². The molecule has 1 atom stereocenters. The van der Waals surface area contributed by atoms with Crippen LogP contribution in [-0.2, 0) is 19.1 Å². The van der Waals surface area contributed by atoms with Crippen LogP contribution in [0, 0.1) is 0 Å². The topological polar surface area (TPSA) is 88.1 Å². The predicted molar refractivity (Wildman–Crippen MR) is 77.6 cm³/mol. The quantitative estimate of drug-likeness (QED) is 0.586. The zero-order valence-corrected chi connectivity index (χ0v) is 12.3. The van der Waals surface area contributed by atoms with Crippen LogP contribution in [0.3, 0.4) is 0 Å². The van der Waals surface area contributed by atoms with Gasteiger partial charge in [-0.3, -0.25) is 9.59 Å². The fourth-order valence-electron chi connectivity index (χ4n) is 3.04. The molecule has 1 N–H and O–H groups in total. The molecule has 1 amide bonds. The molecule has 2 aliphatic heterocycles. The second kappa shape index (κ2) is 4.94. The van der Waals surface area contributed by atoms with Gasteiger partial charge in [-0.05, 0) is 19.1 Å². The largest absolute Gasteiger partial charge is 0.462 e. The second-order valence-electron chi connectivity index (χ2n) is 5.03. The van der Waals surface area contributed by atoms with Crippen molar-refractivity contribution in [2.24, 2.45) is 4.99 Å². The number of allylic oxidation sites excluding steroid dienone is 2. The number of carbonyl (C=O) groups excluding carboxylic acids is 3. The number of nitrogens with zero attached hydrogens (tertiary/aromatic N) is 2. The zero-order valence-electron chi connectivity index (χ0n) is 12.3. The number of ether oxygens (including phenoxy) is 1. The highest BCUT2D eigenvalue weighted by Gasteiger charge is 2.60. The lowest BCUT2D eigenvalue weighted by Gasteiger charge is -2.34. The van der Waals surface area contributed by atoms with Crippen LogP contribution < -0.4 is 5.32 Å². The second-order valence-corrected chi connectivity index (χ2v) is 5.03. The lowest BCUT2D eigenvalue weighted by Crippen LogP contribution is -2.52. The van der Waals surface area contributed by atoms with E-state index >= 15 is 0 Å². The van der Waals surface area contributed by atoms with Crippen LogP contribution in [0.5, 0.6) is 0 Å². The smallest absolute Gasteiger partial charge is 0.343 e. The first-order valence-electron chi connectivity index (χ1n) is 6.96. The van der Waals surface area contributed by atoms with Gasteiger partial charge in [0.1, 0.15) is 11.4 Å². The van der Waals surface area contributed by atoms with Gasteiger partial charge in [-0.2, -0.15) is 4.99 Å². The summed E-state index contributed by atoms with van der Waals surface area (Å²) in [6.45, 7) is 1.81. The molecule has 7 heteroatoms. The molecule has 0 radical (unpaired) electrons. The van der Waals surface area contributed by atoms with E-state index in [-0.39, 0.29) is 24.3 Å². The molecule has 0 aromatic heterocycles. The van der Waals surface area contributed by atoms with Crippen molar-refractivity contribution in [2.45, 2.75) is 18.9 Å². The molecule has 2 heterocycles. The highest BCUT2D eigenvalue weighted by atomic mass is 16.5. The minimum absolute atomic E-state index is 0.0999. The fraction of sp³-hybridized carbons (Fsp3) is 0.333. The van der Waals surface area contributed by atoms with Gasteiger partial charge < -0.3 is 15.0 Å². The Kier molecular flexibility index (Phi) is 3.20. The standard InChI is InChI=1S/C15H15N3O4/c1-3-22-13(20)11-9(19)8-15(12(11)16-2)14(21)17-10-6-4-5-7-18(10)15/h4-7,16H,3,8H2,1-2H3. The Hall–Kier alpha value is -2.70. The van der Waals surface area contributed by atoms with Crippen molar-refractivity contribution in [1.82, 2.24) is 10.2 Å². The SMILES string of the molecule is CCOC(=O)C1=C(NC)C2(CC1=O)C(=O)N=C1C=CC=CN12. The lowest BCUT2D eigenvalue weighted by molar-refractivity contribution is -0.140. The summed E-state index contributed by atoms with van der Waals surface area (Å²) >= 11 is 0. The third-order valence-corrected chi connectivity index (χ3v) is 3.91. The Morgan fingerprint density at radius 3 is 2.91 bits per heavy atom. The van der Waals surface area contributed by atoms with E-state index in [0.717, 1.165) is 0 Å². The summed E-state index contributed by atoms with van der Waals surface area (Å²) in [5.74, 6) is -1.14. The molecule has 114 valence electrons. The number of hydrogen-bond donors (Lipinski definition) is 1. The number of hydrogen-bond acceptors (Lipinski definition) is 6. The Labute approximate surface area is 127 Å². The molecule has 7 nitrogen and oxygen atoms in total. The zero-order chi connectivity index (χ0) is 15.9. The van der Waals surface area contributed by atoms with Gasteiger partial charge in [-0.1, -0.05) is 6.08 Å². The van der Waals surface area contributed by atoms with Crippen molar-refractivity contribution >= 4 is 23.5 Å². The minimum atomic E-state index is -1.30. The van der Waals surface area contributed by atoms with Crippen LogP contribution in [0.4, 0.5) is 0 Å². The third kappa shape index (κ3) is 1.68. The number of ketones is 1. The van der Waals surface area contributed by atoms with E-state index in [1.807, 2.05) is 0 Å². The summed E-state index contributed by atoms with van der Waals surface area (Å²) in [5, 5.41) is 2.84.